The lowest BCUT2D eigenvalue weighted by Gasteiger charge is -2.36. The van der Waals surface area contributed by atoms with Gasteiger partial charge in [0.2, 0.25) is 0 Å². The molecule has 1 aromatic carbocycles. The van der Waals surface area contributed by atoms with Gasteiger partial charge in [-0.2, -0.15) is 0 Å². The van der Waals surface area contributed by atoms with Gasteiger partial charge in [0, 0.05) is 38.8 Å². The fourth-order valence-electron chi connectivity index (χ4n) is 4.34. The topological polar surface area (TPSA) is 52.6 Å². The van der Waals surface area contributed by atoms with Gasteiger partial charge in [0.15, 0.2) is 11.5 Å². The normalized spacial score (nSPS) is 20.1. The lowest BCUT2D eigenvalue weighted by molar-refractivity contribution is 0.0739. The van der Waals surface area contributed by atoms with Gasteiger partial charge in [-0.1, -0.05) is 19.1 Å². The van der Waals surface area contributed by atoms with Gasteiger partial charge in [-0.3, -0.25) is 4.79 Å². The van der Waals surface area contributed by atoms with Crippen molar-refractivity contribution in [1.82, 2.24) is 15.1 Å². The summed E-state index contributed by atoms with van der Waals surface area (Å²) in [5.74, 6) is 0.525. The van der Waals surface area contributed by atoms with E-state index in [9.17, 15) is 9.18 Å². The van der Waals surface area contributed by atoms with Gasteiger partial charge in [0.1, 0.15) is 5.82 Å². The number of carbonyl (C=O) groups is 1. The van der Waals surface area contributed by atoms with Gasteiger partial charge in [0.05, 0.1) is 5.69 Å². The summed E-state index contributed by atoms with van der Waals surface area (Å²) in [6, 6.07) is 11.0. The fraction of sp³-hybridized carbons (Fsp3) is 0.500. The predicted molar refractivity (Wildman–Crippen MR) is 112 cm³/mol. The highest BCUT2D eigenvalue weighted by Gasteiger charge is 2.26. The first kappa shape index (κ1) is 19.6. The van der Waals surface area contributed by atoms with E-state index >= 15 is 0 Å². The zero-order valence-electron chi connectivity index (χ0n) is 16.9. The molecule has 154 valence electrons. The van der Waals surface area contributed by atoms with Crippen molar-refractivity contribution in [3.63, 3.8) is 0 Å². The molecule has 0 bridgehead atoms. The van der Waals surface area contributed by atoms with Crippen molar-refractivity contribution in [2.24, 2.45) is 0 Å². The van der Waals surface area contributed by atoms with Crippen LogP contribution in [0.15, 0.2) is 36.4 Å². The summed E-state index contributed by atoms with van der Waals surface area (Å²) in [6.45, 7) is 5.49. The van der Waals surface area contributed by atoms with E-state index in [0.717, 1.165) is 18.8 Å². The van der Waals surface area contributed by atoms with Crippen LogP contribution in [0.2, 0.25) is 0 Å². The standard InChI is InChI=1S/C22H28FN5O/c1-2-17-7-5-6-12-28(17)21-11-10-19(24-25-21)22(29)27-15-13-26(14-16-27)20-9-4-3-8-18(20)23/h3-4,8-11,17H,2,5-7,12-16H2,1H3. The molecule has 6 nitrogen and oxygen atoms in total. The van der Waals surface area contributed by atoms with E-state index in [0.29, 0.717) is 43.6 Å². The van der Waals surface area contributed by atoms with Gasteiger partial charge in [-0.05, 0) is 49.9 Å². The van der Waals surface area contributed by atoms with Gasteiger partial charge in [-0.15, -0.1) is 10.2 Å². The molecule has 1 unspecified atom stereocenters. The van der Waals surface area contributed by atoms with Crippen LogP contribution in [0.25, 0.3) is 0 Å². The van der Waals surface area contributed by atoms with E-state index in [2.05, 4.69) is 22.0 Å². The molecular formula is C22H28FN5O. The Bertz CT molecular complexity index is 835. The van der Waals surface area contributed by atoms with Crippen molar-refractivity contribution in [3.05, 3.63) is 47.9 Å². The number of para-hydroxylation sites is 1. The first-order valence-corrected chi connectivity index (χ1v) is 10.6. The molecule has 1 atom stereocenters. The number of benzene rings is 1. The molecule has 2 aromatic rings. The van der Waals surface area contributed by atoms with E-state index < -0.39 is 0 Å². The van der Waals surface area contributed by atoms with E-state index in [1.807, 2.05) is 17.0 Å². The van der Waals surface area contributed by atoms with Crippen LogP contribution in [-0.4, -0.2) is 59.8 Å². The number of anilines is 2. The molecule has 7 heteroatoms. The number of hydrogen-bond acceptors (Lipinski definition) is 5. The van der Waals surface area contributed by atoms with Crippen molar-refractivity contribution >= 4 is 17.4 Å². The highest BCUT2D eigenvalue weighted by atomic mass is 19.1. The average Bonchev–Trinajstić information content (AvgIpc) is 2.79. The van der Waals surface area contributed by atoms with E-state index in [1.54, 1.807) is 23.1 Å². The summed E-state index contributed by atoms with van der Waals surface area (Å²) in [4.78, 5) is 18.9. The van der Waals surface area contributed by atoms with Crippen molar-refractivity contribution in [3.8, 4) is 0 Å². The molecule has 2 fully saturated rings. The Kier molecular flexibility index (Phi) is 5.92. The summed E-state index contributed by atoms with van der Waals surface area (Å²) in [7, 11) is 0. The molecule has 3 heterocycles. The SMILES string of the molecule is CCC1CCCCN1c1ccc(C(=O)N2CCN(c3ccccc3F)CC2)nn1. The zero-order valence-corrected chi connectivity index (χ0v) is 16.9. The molecule has 0 saturated carbocycles. The first-order chi connectivity index (χ1) is 14.2. The number of carbonyl (C=O) groups excluding carboxylic acids is 1. The molecule has 2 aliphatic rings. The Morgan fingerprint density at radius 1 is 1.03 bits per heavy atom. The molecule has 4 rings (SSSR count). The van der Waals surface area contributed by atoms with Crippen molar-refractivity contribution in [1.29, 1.82) is 0 Å². The minimum atomic E-state index is -0.225. The molecule has 0 radical (unpaired) electrons. The second-order valence-electron chi connectivity index (χ2n) is 7.76. The summed E-state index contributed by atoms with van der Waals surface area (Å²) in [6.07, 6.45) is 4.71. The summed E-state index contributed by atoms with van der Waals surface area (Å²) < 4.78 is 14.0. The van der Waals surface area contributed by atoms with Gasteiger partial charge < -0.3 is 14.7 Å². The third-order valence-corrected chi connectivity index (χ3v) is 6.02. The zero-order chi connectivity index (χ0) is 20.2. The highest BCUT2D eigenvalue weighted by molar-refractivity contribution is 5.92. The lowest BCUT2D eigenvalue weighted by Crippen LogP contribution is -2.49. The number of halogens is 1. The number of aromatic nitrogens is 2. The number of piperidine rings is 1. The number of rotatable bonds is 4. The summed E-state index contributed by atoms with van der Waals surface area (Å²) in [5, 5.41) is 8.59. The lowest BCUT2D eigenvalue weighted by atomic mass is 10.0. The van der Waals surface area contributed by atoms with Crippen molar-refractivity contribution in [2.45, 2.75) is 38.6 Å². The third kappa shape index (κ3) is 4.18. The summed E-state index contributed by atoms with van der Waals surface area (Å²) >= 11 is 0. The maximum Gasteiger partial charge on any atom is 0.274 e. The average molecular weight is 397 g/mol. The van der Waals surface area contributed by atoms with Crippen LogP contribution in [0.4, 0.5) is 15.9 Å². The van der Waals surface area contributed by atoms with E-state index in [-0.39, 0.29) is 11.7 Å². The monoisotopic (exact) mass is 397 g/mol. The Morgan fingerprint density at radius 3 is 2.52 bits per heavy atom. The van der Waals surface area contributed by atoms with Crippen LogP contribution in [0.1, 0.15) is 43.1 Å². The molecule has 1 amide bonds. The number of piperazine rings is 1. The number of nitrogens with zero attached hydrogens (tertiary/aromatic N) is 5. The van der Waals surface area contributed by atoms with Crippen LogP contribution in [0, 0.1) is 5.82 Å². The minimum absolute atomic E-state index is 0.108. The van der Waals surface area contributed by atoms with Crippen LogP contribution in [0.3, 0.4) is 0 Å². The van der Waals surface area contributed by atoms with Crippen LogP contribution in [0.5, 0.6) is 0 Å². The van der Waals surface area contributed by atoms with Crippen molar-refractivity contribution in [2.75, 3.05) is 42.5 Å². The largest absolute Gasteiger partial charge is 0.366 e. The number of amides is 1. The molecule has 1 aromatic heterocycles. The molecule has 29 heavy (non-hydrogen) atoms. The maximum absolute atomic E-state index is 14.0. The molecule has 0 aliphatic carbocycles. The molecule has 2 aliphatic heterocycles. The predicted octanol–water partition coefficient (Wildman–Crippen LogP) is 3.35. The van der Waals surface area contributed by atoms with Crippen molar-refractivity contribution < 1.29 is 9.18 Å². The Balaban J connectivity index is 1.38. The van der Waals surface area contributed by atoms with Gasteiger partial charge in [0.25, 0.3) is 5.91 Å². The quantitative estimate of drug-likeness (QED) is 0.792. The van der Waals surface area contributed by atoms with Crippen LogP contribution < -0.4 is 9.80 Å². The van der Waals surface area contributed by atoms with E-state index in [1.165, 1.54) is 25.3 Å². The second-order valence-corrected chi connectivity index (χ2v) is 7.76. The molecule has 0 spiro atoms. The first-order valence-electron chi connectivity index (χ1n) is 10.6. The van der Waals surface area contributed by atoms with Crippen LogP contribution >= 0.6 is 0 Å². The fourth-order valence-corrected chi connectivity index (χ4v) is 4.34. The molecular weight excluding hydrogens is 369 g/mol. The maximum atomic E-state index is 14.0. The third-order valence-electron chi connectivity index (χ3n) is 6.02. The molecule has 0 N–H and O–H groups in total. The van der Waals surface area contributed by atoms with E-state index in [4.69, 9.17) is 0 Å². The second kappa shape index (κ2) is 8.76. The Labute approximate surface area is 171 Å². The van der Waals surface area contributed by atoms with Gasteiger partial charge in [-0.25, -0.2) is 4.39 Å². The smallest absolute Gasteiger partial charge is 0.274 e. The minimum Gasteiger partial charge on any atom is -0.366 e. The summed E-state index contributed by atoms with van der Waals surface area (Å²) in [5.41, 5.74) is 0.967. The Morgan fingerprint density at radius 2 is 1.83 bits per heavy atom. The van der Waals surface area contributed by atoms with Crippen LogP contribution in [-0.2, 0) is 0 Å². The number of hydrogen-bond donors (Lipinski definition) is 0. The molecule has 2 saturated heterocycles. The highest BCUT2D eigenvalue weighted by Crippen LogP contribution is 2.25. The van der Waals surface area contributed by atoms with Gasteiger partial charge >= 0.3 is 0 Å². The Hall–Kier alpha value is -2.70.